The number of amides is 2. The molecule has 122 valence electrons. The van der Waals surface area contributed by atoms with Crippen LogP contribution >= 0.6 is 11.8 Å². The second-order valence-corrected chi connectivity index (χ2v) is 6.95. The topological polar surface area (TPSA) is 61.4 Å². The van der Waals surface area contributed by atoms with Gasteiger partial charge in [0.25, 0.3) is 0 Å². The van der Waals surface area contributed by atoms with Crippen LogP contribution in [0.3, 0.4) is 0 Å². The van der Waals surface area contributed by atoms with Crippen molar-refractivity contribution in [1.82, 2.24) is 10.6 Å². The van der Waals surface area contributed by atoms with Crippen LogP contribution in [0.4, 0.5) is 4.79 Å². The molecule has 5 heteroatoms. The fourth-order valence-corrected chi connectivity index (χ4v) is 3.77. The zero-order chi connectivity index (χ0) is 15.8. The number of urea groups is 1. The van der Waals surface area contributed by atoms with E-state index in [9.17, 15) is 4.79 Å². The minimum Gasteiger partial charge on any atom is -0.396 e. The molecule has 1 aromatic rings. The zero-order valence-corrected chi connectivity index (χ0v) is 13.9. The van der Waals surface area contributed by atoms with Gasteiger partial charge in [0.05, 0.1) is 6.04 Å². The maximum atomic E-state index is 12.2. The highest BCUT2D eigenvalue weighted by Gasteiger charge is 2.25. The van der Waals surface area contributed by atoms with Crippen LogP contribution in [0, 0.1) is 0 Å². The molecule has 2 rings (SSSR count). The molecule has 0 aliphatic heterocycles. The molecule has 22 heavy (non-hydrogen) atoms. The molecule has 0 spiro atoms. The third-order valence-corrected chi connectivity index (χ3v) is 5.31. The summed E-state index contributed by atoms with van der Waals surface area (Å²) in [5.41, 5.74) is 1.08. The summed E-state index contributed by atoms with van der Waals surface area (Å²) in [5, 5.41) is 15.9. The normalized spacial score (nSPS) is 22.3. The van der Waals surface area contributed by atoms with E-state index in [4.69, 9.17) is 5.11 Å². The summed E-state index contributed by atoms with van der Waals surface area (Å²) in [7, 11) is 0. The smallest absolute Gasteiger partial charge is 0.315 e. The van der Waals surface area contributed by atoms with Crippen LogP contribution in [0.5, 0.6) is 0 Å². The van der Waals surface area contributed by atoms with Gasteiger partial charge < -0.3 is 15.7 Å². The van der Waals surface area contributed by atoms with Crippen molar-refractivity contribution in [2.75, 3.05) is 12.9 Å². The van der Waals surface area contributed by atoms with Gasteiger partial charge in [0.1, 0.15) is 0 Å². The van der Waals surface area contributed by atoms with Crippen LogP contribution < -0.4 is 10.6 Å². The molecule has 3 N–H and O–H groups in total. The van der Waals surface area contributed by atoms with Crippen LogP contribution in [-0.4, -0.2) is 35.3 Å². The molecule has 1 saturated carbocycles. The Bertz CT molecular complexity index is 455. The molecule has 4 nitrogen and oxygen atoms in total. The molecule has 3 unspecified atom stereocenters. The van der Waals surface area contributed by atoms with E-state index in [-0.39, 0.29) is 24.7 Å². The predicted molar refractivity (Wildman–Crippen MR) is 92.1 cm³/mol. The fourth-order valence-electron chi connectivity index (χ4n) is 2.97. The first-order valence-corrected chi connectivity index (χ1v) is 9.27. The Morgan fingerprint density at radius 2 is 2.14 bits per heavy atom. The Morgan fingerprint density at radius 3 is 2.77 bits per heavy atom. The van der Waals surface area contributed by atoms with E-state index in [0.29, 0.717) is 11.7 Å². The average molecular weight is 322 g/mol. The van der Waals surface area contributed by atoms with Gasteiger partial charge in [-0.25, -0.2) is 4.79 Å². The fraction of sp³-hybridized carbons (Fsp3) is 0.588. The molecule has 1 aromatic carbocycles. The summed E-state index contributed by atoms with van der Waals surface area (Å²) in [6, 6.07) is 10.1. The average Bonchev–Trinajstić information content (AvgIpc) is 2.99. The third kappa shape index (κ3) is 5.21. The highest BCUT2D eigenvalue weighted by atomic mass is 32.2. The van der Waals surface area contributed by atoms with Crippen molar-refractivity contribution in [2.24, 2.45) is 0 Å². The highest BCUT2D eigenvalue weighted by Crippen LogP contribution is 2.28. The number of benzene rings is 1. The van der Waals surface area contributed by atoms with Crippen molar-refractivity contribution in [3.63, 3.8) is 0 Å². The molecule has 2 amide bonds. The van der Waals surface area contributed by atoms with E-state index in [2.05, 4.69) is 16.9 Å². The predicted octanol–water partition coefficient (Wildman–Crippen LogP) is 3.08. The molecule has 1 aliphatic carbocycles. The van der Waals surface area contributed by atoms with Gasteiger partial charge in [-0.05, 0) is 43.9 Å². The van der Waals surface area contributed by atoms with Crippen molar-refractivity contribution < 1.29 is 9.90 Å². The number of aliphatic hydroxyl groups excluding tert-OH is 1. The van der Waals surface area contributed by atoms with Crippen molar-refractivity contribution in [3.05, 3.63) is 35.9 Å². The van der Waals surface area contributed by atoms with Gasteiger partial charge in [0, 0.05) is 17.9 Å². The molecular formula is C17H26N2O2S. The first-order chi connectivity index (χ1) is 10.7. The Labute approximate surface area is 137 Å². The maximum Gasteiger partial charge on any atom is 0.315 e. The number of nitrogens with one attached hydrogen (secondary N) is 2. The Balaban J connectivity index is 1.88. The molecule has 1 aliphatic rings. The lowest BCUT2D eigenvalue weighted by molar-refractivity contribution is 0.229. The van der Waals surface area contributed by atoms with Gasteiger partial charge in [-0.2, -0.15) is 11.8 Å². The largest absolute Gasteiger partial charge is 0.396 e. The molecule has 3 atom stereocenters. The van der Waals surface area contributed by atoms with Crippen LogP contribution in [0.1, 0.15) is 43.7 Å². The number of hydrogen-bond donors (Lipinski definition) is 3. The Morgan fingerprint density at radius 1 is 1.36 bits per heavy atom. The second kappa shape index (κ2) is 9.06. The van der Waals surface area contributed by atoms with E-state index in [1.165, 1.54) is 6.42 Å². The van der Waals surface area contributed by atoms with Crippen LogP contribution in [0.15, 0.2) is 30.3 Å². The highest BCUT2D eigenvalue weighted by molar-refractivity contribution is 7.99. The summed E-state index contributed by atoms with van der Waals surface area (Å²) in [6.45, 7) is 0.144. The zero-order valence-electron chi connectivity index (χ0n) is 13.1. The summed E-state index contributed by atoms with van der Waals surface area (Å²) in [4.78, 5) is 12.2. The number of carbonyl (C=O) groups excluding carboxylic acids is 1. The minimum absolute atomic E-state index is 0.0499. The van der Waals surface area contributed by atoms with Crippen LogP contribution in [0.2, 0.25) is 0 Å². The van der Waals surface area contributed by atoms with E-state index in [1.54, 1.807) is 0 Å². The van der Waals surface area contributed by atoms with Gasteiger partial charge in [-0.15, -0.1) is 0 Å². The first kappa shape index (κ1) is 17.2. The Hall–Kier alpha value is -1.20. The second-order valence-electron chi connectivity index (χ2n) is 5.81. The number of aliphatic hydroxyl groups is 1. The minimum atomic E-state index is -0.0986. The molecular weight excluding hydrogens is 296 g/mol. The number of hydrogen-bond acceptors (Lipinski definition) is 3. The van der Waals surface area contributed by atoms with E-state index >= 15 is 0 Å². The van der Waals surface area contributed by atoms with E-state index < -0.39 is 0 Å². The molecule has 0 radical (unpaired) electrons. The van der Waals surface area contributed by atoms with E-state index in [0.717, 1.165) is 24.8 Å². The quantitative estimate of drug-likeness (QED) is 0.723. The standard InChI is InChI=1S/C17H26N2O2S/c1-22-15-10-9-14(12-15)18-17(21)19-16(8-5-11-20)13-6-3-2-4-7-13/h2-4,6-7,14-16,20H,5,8-12H2,1H3,(H2,18,19,21). The van der Waals surface area contributed by atoms with Gasteiger partial charge in [0.2, 0.25) is 0 Å². The first-order valence-electron chi connectivity index (χ1n) is 7.98. The maximum absolute atomic E-state index is 12.2. The molecule has 0 bridgehead atoms. The summed E-state index contributed by atoms with van der Waals surface area (Å²) >= 11 is 1.89. The van der Waals surface area contributed by atoms with Crippen molar-refractivity contribution in [1.29, 1.82) is 0 Å². The number of thioether (sulfide) groups is 1. The lowest BCUT2D eigenvalue weighted by atomic mass is 10.0. The SMILES string of the molecule is CSC1CCC(NC(=O)NC(CCCO)c2ccccc2)C1. The lowest BCUT2D eigenvalue weighted by Crippen LogP contribution is -2.42. The van der Waals surface area contributed by atoms with Crippen molar-refractivity contribution in [2.45, 2.75) is 49.4 Å². The molecule has 0 aromatic heterocycles. The van der Waals surface area contributed by atoms with Gasteiger partial charge in [-0.3, -0.25) is 0 Å². The molecule has 0 saturated heterocycles. The number of rotatable bonds is 7. The monoisotopic (exact) mass is 322 g/mol. The molecule has 0 heterocycles. The van der Waals surface area contributed by atoms with Crippen LogP contribution in [-0.2, 0) is 0 Å². The summed E-state index contributed by atoms with van der Waals surface area (Å²) in [6.07, 6.45) is 6.85. The van der Waals surface area contributed by atoms with Gasteiger partial charge >= 0.3 is 6.03 Å². The van der Waals surface area contributed by atoms with E-state index in [1.807, 2.05) is 42.1 Å². The summed E-state index contributed by atoms with van der Waals surface area (Å²) in [5.74, 6) is 0. The lowest BCUT2D eigenvalue weighted by Gasteiger charge is -2.21. The van der Waals surface area contributed by atoms with Gasteiger partial charge in [0.15, 0.2) is 0 Å². The summed E-state index contributed by atoms with van der Waals surface area (Å²) < 4.78 is 0. The van der Waals surface area contributed by atoms with Crippen molar-refractivity contribution in [3.8, 4) is 0 Å². The Kier molecular flexibility index (Phi) is 7.06. The van der Waals surface area contributed by atoms with Gasteiger partial charge in [-0.1, -0.05) is 30.3 Å². The third-order valence-electron chi connectivity index (χ3n) is 4.21. The van der Waals surface area contributed by atoms with Crippen LogP contribution in [0.25, 0.3) is 0 Å². The molecule has 1 fully saturated rings. The number of carbonyl (C=O) groups is 1. The van der Waals surface area contributed by atoms with Crippen molar-refractivity contribution >= 4 is 17.8 Å².